The van der Waals surface area contributed by atoms with Crippen molar-refractivity contribution in [3.05, 3.63) is 124 Å². The summed E-state index contributed by atoms with van der Waals surface area (Å²) in [4.78, 5) is 12.4. The van der Waals surface area contributed by atoms with Gasteiger partial charge in [0, 0.05) is 16.7 Å². The first-order valence-electron chi connectivity index (χ1n) is 13.3. The second-order valence-corrected chi connectivity index (χ2v) is 9.83. The highest BCUT2D eigenvalue weighted by Crippen LogP contribution is 2.45. The summed E-state index contributed by atoms with van der Waals surface area (Å²) < 4.78 is 41.5. The summed E-state index contributed by atoms with van der Waals surface area (Å²) in [6, 6.07) is 25.0. The Bertz CT molecular complexity index is 1700. The molecule has 4 aromatic rings. The summed E-state index contributed by atoms with van der Waals surface area (Å²) in [5.74, 6) is 0.152. The molecule has 0 radical (unpaired) electrons. The van der Waals surface area contributed by atoms with Crippen LogP contribution in [0.4, 0.5) is 4.39 Å². The Morgan fingerprint density at radius 2 is 1.70 bits per heavy atom. The van der Waals surface area contributed by atoms with E-state index < -0.39 is 17.7 Å². The van der Waals surface area contributed by atoms with Gasteiger partial charge in [-0.2, -0.15) is 5.26 Å². The Morgan fingerprint density at radius 3 is 2.42 bits per heavy atom. The van der Waals surface area contributed by atoms with Gasteiger partial charge in [-0.3, -0.25) is 0 Å². The molecule has 0 saturated carbocycles. The molecule has 1 aliphatic heterocycles. The van der Waals surface area contributed by atoms with Crippen molar-refractivity contribution < 1.29 is 32.9 Å². The number of ether oxygens (including phenoxy) is 5. The third-order valence-electron chi connectivity index (χ3n) is 6.50. The number of carbonyl (C=O) groups is 1. The fraction of sp³-hybridized carbons (Fsp3) is 0.152. The zero-order valence-electron chi connectivity index (χ0n) is 23.0. The summed E-state index contributed by atoms with van der Waals surface area (Å²) in [5, 5.41) is 10.6. The van der Waals surface area contributed by atoms with Crippen molar-refractivity contribution in [2.75, 3.05) is 13.2 Å². The first-order valence-corrected chi connectivity index (χ1v) is 13.7. The van der Waals surface area contributed by atoms with Crippen molar-refractivity contribution in [3.63, 3.8) is 0 Å². The average Bonchev–Trinajstić information content (AvgIpc) is 3.00. The molecule has 1 aliphatic rings. The summed E-state index contributed by atoms with van der Waals surface area (Å²) in [6.45, 7) is 2.18. The molecule has 1 heterocycles. The van der Waals surface area contributed by atoms with Gasteiger partial charge in [0.1, 0.15) is 41.3 Å². The van der Waals surface area contributed by atoms with E-state index in [1.807, 2.05) is 31.2 Å². The van der Waals surface area contributed by atoms with Gasteiger partial charge in [-0.05, 0) is 72.6 Å². The van der Waals surface area contributed by atoms with Gasteiger partial charge in [-0.25, -0.2) is 9.18 Å². The Hall–Kier alpha value is -5.20. The summed E-state index contributed by atoms with van der Waals surface area (Å²) >= 11 is 5.98. The highest BCUT2D eigenvalue weighted by atomic mass is 35.5. The van der Waals surface area contributed by atoms with Crippen LogP contribution in [0.1, 0.15) is 29.5 Å². The van der Waals surface area contributed by atoms with Gasteiger partial charge in [0.05, 0.1) is 12.5 Å². The van der Waals surface area contributed by atoms with E-state index in [0.29, 0.717) is 46.8 Å². The molecular weight excluding hydrogens is 575 g/mol. The maximum atomic E-state index is 13.1. The summed E-state index contributed by atoms with van der Waals surface area (Å²) in [6.07, 6.45) is 0. The molecule has 8 nitrogen and oxygen atoms in total. The lowest BCUT2D eigenvalue weighted by Gasteiger charge is -2.27. The van der Waals surface area contributed by atoms with Crippen molar-refractivity contribution in [3.8, 4) is 34.8 Å². The molecule has 5 rings (SSSR count). The summed E-state index contributed by atoms with van der Waals surface area (Å²) in [5.41, 5.74) is 8.70. The van der Waals surface area contributed by atoms with E-state index in [1.165, 1.54) is 30.3 Å². The van der Waals surface area contributed by atoms with Crippen LogP contribution in [0.2, 0.25) is 5.02 Å². The SMILES string of the molecule is CCOc1cc(C2C(C#N)=C(N)Oc3cc(OC(=O)COc4ccc(F)cc4)ccc32)ccc1OCc1ccc(Cl)cc1. The average molecular weight is 601 g/mol. The number of nitriles is 1. The third kappa shape index (κ3) is 7.00. The molecule has 43 heavy (non-hydrogen) atoms. The molecule has 10 heteroatoms. The van der Waals surface area contributed by atoms with Crippen LogP contribution >= 0.6 is 11.6 Å². The highest BCUT2D eigenvalue weighted by Gasteiger charge is 2.32. The number of allylic oxidation sites excluding steroid dienone is 1. The second kappa shape index (κ2) is 13.2. The number of rotatable bonds is 10. The molecule has 4 aromatic carbocycles. The largest absolute Gasteiger partial charge is 0.490 e. The van der Waals surface area contributed by atoms with Crippen LogP contribution in [0.25, 0.3) is 0 Å². The van der Waals surface area contributed by atoms with Gasteiger partial charge in [0.2, 0.25) is 5.88 Å². The molecule has 0 spiro atoms. The van der Waals surface area contributed by atoms with Crippen molar-refractivity contribution >= 4 is 17.6 Å². The molecule has 218 valence electrons. The van der Waals surface area contributed by atoms with Crippen molar-refractivity contribution in [1.29, 1.82) is 5.26 Å². The van der Waals surface area contributed by atoms with Crippen LogP contribution in [0.3, 0.4) is 0 Å². The van der Waals surface area contributed by atoms with E-state index in [0.717, 1.165) is 11.1 Å². The maximum Gasteiger partial charge on any atom is 0.349 e. The smallest absolute Gasteiger partial charge is 0.349 e. The highest BCUT2D eigenvalue weighted by molar-refractivity contribution is 6.30. The molecule has 0 amide bonds. The molecule has 0 aliphatic carbocycles. The number of benzene rings is 4. The molecule has 2 N–H and O–H groups in total. The second-order valence-electron chi connectivity index (χ2n) is 9.40. The quantitative estimate of drug-likeness (QED) is 0.159. The van der Waals surface area contributed by atoms with Gasteiger partial charge in [-0.15, -0.1) is 0 Å². The van der Waals surface area contributed by atoms with E-state index in [4.69, 9.17) is 41.0 Å². The van der Waals surface area contributed by atoms with E-state index in [9.17, 15) is 14.4 Å². The Labute approximate surface area is 252 Å². The third-order valence-corrected chi connectivity index (χ3v) is 6.75. The minimum absolute atomic E-state index is 0.0656. The Morgan fingerprint density at radius 1 is 0.953 bits per heavy atom. The van der Waals surface area contributed by atoms with Crippen LogP contribution in [-0.2, 0) is 11.4 Å². The molecule has 1 unspecified atom stereocenters. The molecule has 0 aromatic heterocycles. The first-order chi connectivity index (χ1) is 20.8. The van der Waals surface area contributed by atoms with E-state index in [1.54, 1.807) is 30.3 Å². The number of nitrogens with two attached hydrogens (primary N) is 1. The van der Waals surface area contributed by atoms with E-state index >= 15 is 0 Å². The monoisotopic (exact) mass is 600 g/mol. The number of hydrogen-bond acceptors (Lipinski definition) is 8. The fourth-order valence-corrected chi connectivity index (χ4v) is 4.64. The molecular formula is C33H26ClFN2O6. The van der Waals surface area contributed by atoms with E-state index in [2.05, 4.69) is 6.07 Å². The van der Waals surface area contributed by atoms with Crippen molar-refractivity contribution in [1.82, 2.24) is 0 Å². The number of esters is 1. The Kier molecular flexibility index (Phi) is 8.99. The number of nitrogens with zero attached hydrogens (tertiary/aromatic N) is 1. The van der Waals surface area contributed by atoms with Gasteiger partial charge >= 0.3 is 5.97 Å². The lowest BCUT2D eigenvalue weighted by atomic mass is 9.83. The van der Waals surface area contributed by atoms with Gasteiger partial charge in [0.15, 0.2) is 18.1 Å². The van der Waals surface area contributed by atoms with Gasteiger partial charge in [0.25, 0.3) is 0 Å². The standard InChI is InChI=1S/C33H26ClFN2O6/c1-2-39-30-15-21(5-14-28(30)41-18-20-3-6-22(34)7-4-20)32-26-13-12-25(16-29(26)43-33(37)27(32)17-36)42-31(38)19-40-24-10-8-23(35)9-11-24/h3-16,32H,2,18-19,37H2,1H3. The van der Waals surface area contributed by atoms with Crippen LogP contribution in [-0.4, -0.2) is 19.2 Å². The normalized spacial score (nSPS) is 13.8. The lowest BCUT2D eigenvalue weighted by Crippen LogP contribution is -2.22. The van der Waals surface area contributed by atoms with Crippen LogP contribution < -0.4 is 29.4 Å². The molecule has 0 bridgehead atoms. The lowest BCUT2D eigenvalue weighted by molar-refractivity contribution is -0.136. The number of hydrogen-bond donors (Lipinski definition) is 1. The van der Waals surface area contributed by atoms with Crippen molar-refractivity contribution in [2.45, 2.75) is 19.4 Å². The van der Waals surface area contributed by atoms with Crippen LogP contribution in [0.5, 0.6) is 28.7 Å². The predicted molar refractivity (Wildman–Crippen MR) is 157 cm³/mol. The fourth-order valence-electron chi connectivity index (χ4n) is 4.51. The van der Waals surface area contributed by atoms with Crippen LogP contribution in [0, 0.1) is 17.1 Å². The zero-order chi connectivity index (χ0) is 30.3. The predicted octanol–water partition coefficient (Wildman–Crippen LogP) is 6.66. The molecule has 0 fully saturated rings. The van der Waals surface area contributed by atoms with Crippen molar-refractivity contribution in [2.24, 2.45) is 5.73 Å². The number of fused-ring (bicyclic) bond motifs is 1. The molecule has 0 saturated heterocycles. The number of carbonyl (C=O) groups excluding carboxylic acids is 1. The van der Waals surface area contributed by atoms with Crippen LogP contribution in [0.15, 0.2) is 96.4 Å². The van der Waals surface area contributed by atoms with Gasteiger partial charge < -0.3 is 29.4 Å². The summed E-state index contributed by atoms with van der Waals surface area (Å²) in [7, 11) is 0. The first kappa shape index (κ1) is 29.3. The Balaban J connectivity index is 1.36. The molecule has 1 atom stereocenters. The zero-order valence-corrected chi connectivity index (χ0v) is 23.8. The minimum Gasteiger partial charge on any atom is -0.490 e. The topological polar surface area (TPSA) is 113 Å². The number of halogens is 2. The maximum absolute atomic E-state index is 13.1. The van der Waals surface area contributed by atoms with Gasteiger partial charge in [-0.1, -0.05) is 35.9 Å². The van der Waals surface area contributed by atoms with E-state index in [-0.39, 0.29) is 23.8 Å². The minimum atomic E-state index is -0.673.